The van der Waals surface area contributed by atoms with Crippen LogP contribution < -0.4 is 24.3 Å². The van der Waals surface area contributed by atoms with Crippen LogP contribution in [0, 0.1) is 0 Å². The molecule has 1 unspecified atom stereocenters. The molecule has 0 bridgehead atoms. The van der Waals surface area contributed by atoms with Crippen molar-refractivity contribution >= 4 is 5.91 Å². The maximum Gasteiger partial charge on any atom is 0.261 e. The van der Waals surface area contributed by atoms with Crippen molar-refractivity contribution in [2.45, 2.75) is 45.9 Å². The number of rotatable bonds is 10. The fourth-order valence-corrected chi connectivity index (χ4v) is 2.62. The zero-order valence-corrected chi connectivity index (χ0v) is 17.2. The molecule has 0 fully saturated rings. The molecule has 6 nitrogen and oxygen atoms in total. The number of benzene rings is 2. The van der Waals surface area contributed by atoms with Gasteiger partial charge in [-0.3, -0.25) is 4.79 Å². The predicted molar refractivity (Wildman–Crippen MR) is 108 cm³/mol. The van der Waals surface area contributed by atoms with Gasteiger partial charge in [0.2, 0.25) is 0 Å². The number of ether oxygens (including phenoxy) is 4. The Balaban J connectivity index is 1.96. The van der Waals surface area contributed by atoms with E-state index in [-0.39, 0.29) is 12.0 Å². The van der Waals surface area contributed by atoms with E-state index in [4.69, 9.17) is 18.9 Å². The second kappa shape index (κ2) is 10.4. The molecular weight excluding hydrogens is 358 g/mol. The van der Waals surface area contributed by atoms with Crippen LogP contribution in [0.3, 0.4) is 0 Å². The fraction of sp³-hybridized carbons (Fsp3) is 0.409. The molecule has 6 heteroatoms. The lowest BCUT2D eigenvalue weighted by Gasteiger charge is -2.18. The van der Waals surface area contributed by atoms with Gasteiger partial charge in [-0.15, -0.1) is 0 Å². The third kappa shape index (κ3) is 6.08. The summed E-state index contributed by atoms with van der Waals surface area (Å²) < 4.78 is 22.0. The van der Waals surface area contributed by atoms with Crippen LogP contribution in [-0.2, 0) is 11.3 Å². The summed E-state index contributed by atoms with van der Waals surface area (Å²) in [5, 5.41) is 2.92. The molecule has 0 aliphatic heterocycles. The lowest BCUT2D eigenvalue weighted by molar-refractivity contribution is -0.128. The third-order valence-corrected chi connectivity index (χ3v) is 4.06. The lowest BCUT2D eigenvalue weighted by atomic mass is 10.2. The normalized spacial score (nSPS) is 11.6. The second-order valence-corrected chi connectivity index (χ2v) is 6.56. The van der Waals surface area contributed by atoms with Crippen molar-refractivity contribution in [3.8, 4) is 23.0 Å². The summed E-state index contributed by atoms with van der Waals surface area (Å²) in [6, 6.07) is 12.8. The van der Waals surface area contributed by atoms with Crippen LogP contribution in [-0.4, -0.2) is 32.3 Å². The molecule has 0 aliphatic rings. The molecule has 1 N–H and O–H groups in total. The summed E-state index contributed by atoms with van der Waals surface area (Å²) in [4.78, 5) is 12.5. The smallest absolute Gasteiger partial charge is 0.261 e. The van der Waals surface area contributed by atoms with E-state index in [0.29, 0.717) is 30.2 Å². The first-order chi connectivity index (χ1) is 13.5. The molecule has 0 radical (unpaired) electrons. The number of carbonyl (C=O) groups is 1. The highest BCUT2D eigenvalue weighted by Gasteiger charge is 2.18. The summed E-state index contributed by atoms with van der Waals surface area (Å²) in [7, 11) is 3.20. The van der Waals surface area contributed by atoms with Crippen LogP contribution in [0.1, 0.15) is 32.8 Å². The van der Waals surface area contributed by atoms with Crippen molar-refractivity contribution in [1.82, 2.24) is 5.32 Å². The topological polar surface area (TPSA) is 66.0 Å². The molecule has 152 valence electrons. The summed E-state index contributed by atoms with van der Waals surface area (Å²) in [5.41, 5.74) is 0.917. The van der Waals surface area contributed by atoms with E-state index in [2.05, 4.69) is 5.32 Å². The molecular formula is C22H29NO5. The molecule has 2 aromatic carbocycles. The third-order valence-electron chi connectivity index (χ3n) is 4.06. The van der Waals surface area contributed by atoms with Crippen molar-refractivity contribution in [2.75, 3.05) is 14.2 Å². The van der Waals surface area contributed by atoms with Crippen LogP contribution in [0.2, 0.25) is 0 Å². The number of nitrogens with one attached hydrogen (secondary N) is 1. The SMILES string of the molecule is CCC(Oc1ccc(OC)cc1)C(=O)NCc1ccc(OC(C)C)c(OC)c1. The number of hydrogen-bond acceptors (Lipinski definition) is 5. The van der Waals surface area contributed by atoms with E-state index in [1.165, 1.54) is 0 Å². The molecule has 0 saturated heterocycles. The molecule has 0 aromatic heterocycles. The Labute approximate surface area is 166 Å². The van der Waals surface area contributed by atoms with Gasteiger partial charge in [0.15, 0.2) is 17.6 Å². The Morgan fingerprint density at radius 1 is 0.929 bits per heavy atom. The van der Waals surface area contributed by atoms with E-state index in [9.17, 15) is 4.79 Å². The van der Waals surface area contributed by atoms with Gasteiger partial charge in [-0.1, -0.05) is 13.0 Å². The van der Waals surface area contributed by atoms with Gasteiger partial charge in [-0.25, -0.2) is 0 Å². The van der Waals surface area contributed by atoms with Gasteiger partial charge in [0.05, 0.1) is 20.3 Å². The zero-order chi connectivity index (χ0) is 20.5. The molecule has 1 atom stereocenters. The van der Waals surface area contributed by atoms with Crippen molar-refractivity contribution in [2.24, 2.45) is 0 Å². The Hall–Kier alpha value is -2.89. The summed E-state index contributed by atoms with van der Waals surface area (Å²) in [6.07, 6.45) is 0.0428. The number of methoxy groups -OCH3 is 2. The summed E-state index contributed by atoms with van der Waals surface area (Å²) in [5.74, 6) is 2.52. The molecule has 2 aromatic rings. The average Bonchev–Trinajstić information content (AvgIpc) is 2.71. The summed E-state index contributed by atoms with van der Waals surface area (Å²) in [6.45, 7) is 6.21. The van der Waals surface area contributed by atoms with E-state index >= 15 is 0 Å². The van der Waals surface area contributed by atoms with Gasteiger partial charge >= 0.3 is 0 Å². The first-order valence-electron chi connectivity index (χ1n) is 9.38. The number of carbonyl (C=O) groups excluding carboxylic acids is 1. The van der Waals surface area contributed by atoms with E-state index in [0.717, 1.165) is 11.3 Å². The number of amides is 1. The zero-order valence-electron chi connectivity index (χ0n) is 17.2. The highest BCUT2D eigenvalue weighted by molar-refractivity contribution is 5.81. The first-order valence-corrected chi connectivity index (χ1v) is 9.38. The molecule has 0 aliphatic carbocycles. The summed E-state index contributed by atoms with van der Waals surface area (Å²) >= 11 is 0. The second-order valence-electron chi connectivity index (χ2n) is 6.56. The molecule has 0 spiro atoms. The van der Waals surface area contributed by atoms with E-state index in [1.54, 1.807) is 38.5 Å². The van der Waals surface area contributed by atoms with Crippen molar-refractivity contribution < 1.29 is 23.7 Å². The quantitative estimate of drug-likeness (QED) is 0.668. The van der Waals surface area contributed by atoms with Crippen LogP contribution in [0.4, 0.5) is 0 Å². The van der Waals surface area contributed by atoms with E-state index in [1.807, 2.05) is 39.0 Å². The Kier molecular flexibility index (Phi) is 7.99. The largest absolute Gasteiger partial charge is 0.497 e. The van der Waals surface area contributed by atoms with Crippen LogP contribution in [0.15, 0.2) is 42.5 Å². The van der Waals surface area contributed by atoms with Gasteiger partial charge in [0, 0.05) is 6.54 Å². The highest BCUT2D eigenvalue weighted by atomic mass is 16.5. The van der Waals surface area contributed by atoms with Crippen molar-refractivity contribution in [3.63, 3.8) is 0 Å². The van der Waals surface area contributed by atoms with Gasteiger partial charge < -0.3 is 24.3 Å². The lowest BCUT2D eigenvalue weighted by Crippen LogP contribution is -2.37. The minimum absolute atomic E-state index is 0.0554. The van der Waals surface area contributed by atoms with Crippen LogP contribution in [0.5, 0.6) is 23.0 Å². The molecule has 0 saturated carbocycles. The Bertz CT molecular complexity index is 758. The standard InChI is InChI=1S/C22H29NO5/c1-6-19(28-18-10-8-17(25-4)9-11-18)22(24)23-14-16-7-12-20(27-15(2)3)21(13-16)26-5/h7-13,15,19H,6,14H2,1-5H3,(H,23,24). The predicted octanol–water partition coefficient (Wildman–Crippen LogP) is 3.96. The van der Waals surface area contributed by atoms with Crippen LogP contribution >= 0.6 is 0 Å². The maximum absolute atomic E-state index is 12.5. The molecule has 2 rings (SSSR count). The Morgan fingerprint density at radius 2 is 1.61 bits per heavy atom. The van der Waals surface area contributed by atoms with Crippen molar-refractivity contribution in [1.29, 1.82) is 0 Å². The van der Waals surface area contributed by atoms with Crippen LogP contribution in [0.25, 0.3) is 0 Å². The van der Waals surface area contributed by atoms with Gasteiger partial charge in [0.25, 0.3) is 5.91 Å². The molecule has 28 heavy (non-hydrogen) atoms. The number of hydrogen-bond donors (Lipinski definition) is 1. The first kappa shape index (κ1) is 21.4. The molecule has 1 amide bonds. The average molecular weight is 387 g/mol. The fourth-order valence-electron chi connectivity index (χ4n) is 2.62. The molecule has 0 heterocycles. The maximum atomic E-state index is 12.5. The van der Waals surface area contributed by atoms with Crippen molar-refractivity contribution in [3.05, 3.63) is 48.0 Å². The minimum Gasteiger partial charge on any atom is -0.497 e. The van der Waals surface area contributed by atoms with Gasteiger partial charge in [-0.05, 0) is 62.2 Å². The highest BCUT2D eigenvalue weighted by Crippen LogP contribution is 2.29. The monoisotopic (exact) mass is 387 g/mol. The van der Waals surface area contributed by atoms with E-state index < -0.39 is 6.10 Å². The van der Waals surface area contributed by atoms with Gasteiger partial charge in [-0.2, -0.15) is 0 Å². The Morgan fingerprint density at radius 3 is 2.18 bits per heavy atom. The van der Waals surface area contributed by atoms with Gasteiger partial charge in [0.1, 0.15) is 11.5 Å². The minimum atomic E-state index is -0.571.